The van der Waals surface area contributed by atoms with Gasteiger partial charge in [-0.3, -0.25) is 0 Å². The van der Waals surface area contributed by atoms with Crippen molar-refractivity contribution in [2.45, 2.75) is 6.73 Å². The molecular formula is C18H13ClN4O2. The zero-order chi connectivity index (χ0) is 17.1. The first-order chi connectivity index (χ1) is 12.3. The zero-order valence-corrected chi connectivity index (χ0v) is 13.8. The van der Waals surface area contributed by atoms with E-state index in [2.05, 4.69) is 15.2 Å². The van der Waals surface area contributed by atoms with E-state index in [0.717, 1.165) is 5.56 Å². The number of halogens is 1. The summed E-state index contributed by atoms with van der Waals surface area (Å²) in [6.45, 7) is 0.226. The van der Waals surface area contributed by atoms with E-state index in [9.17, 15) is 0 Å². The Kier molecular flexibility index (Phi) is 4.18. The van der Waals surface area contributed by atoms with Crippen LogP contribution >= 0.6 is 11.6 Å². The Morgan fingerprint density at radius 2 is 1.80 bits per heavy atom. The molecular weight excluding hydrogens is 340 g/mol. The van der Waals surface area contributed by atoms with Gasteiger partial charge >= 0.3 is 0 Å². The molecule has 0 aliphatic rings. The Hall–Kier alpha value is -3.12. The number of hydrogen-bond acceptors (Lipinski definition) is 5. The minimum absolute atomic E-state index is 0.226. The van der Waals surface area contributed by atoms with Gasteiger partial charge in [-0.1, -0.05) is 59.2 Å². The molecule has 6 nitrogen and oxygen atoms in total. The van der Waals surface area contributed by atoms with Crippen molar-refractivity contribution in [3.63, 3.8) is 0 Å². The second-order valence-corrected chi connectivity index (χ2v) is 5.64. The van der Waals surface area contributed by atoms with Crippen LogP contribution < -0.4 is 4.74 Å². The molecule has 0 spiro atoms. The van der Waals surface area contributed by atoms with Crippen LogP contribution in [0.5, 0.6) is 5.75 Å². The van der Waals surface area contributed by atoms with Crippen LogP contribution in [0.3, 0.4) is 0 Å². The Morgan fingerprint density at radius 3 is 2.64 bits per heavy atom. The third-order valence-corrected chi connectivity index (χ3v) is 3.82. The van der Waals surface area contributed by atoms with Crippen LogP contribution in [-0.2, 0) is 6.73 Å². The SMILES string of the molecule is Clc1ccccc1OCn1ccc(-c2nc(-c3ccccc3)no2)n1. The maximum Gasteiger partial charge on any atom is 0.278 e. The topological polar surface area (TPSA) is 66.0 Å². The number of para-hydroxylation sites is 1. The highest BCUT2D eigenvalue weighted by atomic mass is 35.5. The first-order valence-electron chi connectivity index (χ1n) is 7.60. The molecule has 2 heterocycles. The van der Waals surface area contributed by atoms with E-state index >= 15 is 0 Å². The third-order valence-electron chi connectivity index (χ3n) is 3.51. The molecule has 0 aliphatic heterocycles. The Balaban J connectivity index is 1.48. The molecule has 4 aromatic rings. The van der Waals surface area contributed by atoms with Crippen molar-refractivity contribution in [2.75, 3.05) is 0 Å². The molecule has 0 saturated heterocycles. The lowest BCUT2D eigenvalue weighted by molar-refractivity contribution is 0.221. The Morgan fingerprint density at radius 1 is 1.00 bits per heavy atom. The van der Waals surface area contributed by atoms with E-state index in [4.69, 9.17) is 20.9 Å². The summed E-state index contributed by atoms with van der Waals surface area (Å²) in [5, 5.41) is 8.93. The predicted octanol–water partition coefficient (Wildman–Crippen LogP) is 4.29. The number of nitrogens with zero attached hydrogens (tertiary/aromatic N) is 4. The van der Waals surface area contributed by atoms with Crippen LogP contribution in [0.4, 0.5) is 0 Å². The summed E-state index contributed by atoms with van der Waals surface area (Å²) in [6, 6.07) is 18.7. The number of benzene rings is 2. The van der Waals surface area contributed by atoms with E-state index in [-0.39, 0.29) is 6.73 Å². The molecule has 2 aromatic carbocycles. The van der Waals surface area contributed by atoms with Crippen molar-refractivity contribution in [3.8, 4) is 28.7 Å². The smallest absolute Gasteiger partial charge is 0.278 e. The summed E-state index contributed by atoms with van der Waals surface area (Å²) in [7, 11) is 0. The first-order valence-corrected chi connectivity index (χ1v) is 7.98. The van der Waals surface area contributed by atoms with E-state index in [0.29, 0.717) is 28.2 Å². The fraction of sp³-hybridized carbons (Fsp3) is 0.0556. The maximum atomic E-state index is 6.06. The van der Waals surface area contributed by atoms with Crippen LogP contribution in [-0.4, -0.2) is 19.9 Å². The third kappa shape index (κ3) is 3.39. The molecule has 0 atom stereocenters. The van der Waals surface area contributed by atoms with Crippen LogP contribution in [0.1, 0.15) is 0 Å². The Bertz CT molecular complexity index is 981. The zero-order valence-electron chi connectivity index (χ0n) is 13.0. The molecule has 0 bridgehead atoms. The highest BCUT2D eigenvalue weighted by Gasteiger charge is 2.13. The van der Waals surface area contributed by atoms with Gasteiger partial charge in [0.2, 0.25) is 5.82 Å². The minimum Gasteiger partial charge on any atom is -0.470 e. The lowest BCUT2D eigenvalue weighted by Crippen LogP contribution is -2.05. The number of rotatable bonds is 5. The Labute approximate surface area is 148 Å². The molecule has 2 aromatic heterocycles. The summed E-state index contributed by atoms with van der Waals surface area (Å²) < 4.78 is 12.6. The monoisotopic (exact) mass is 352 g/mol. The van der Waals surface area contributed by atoms with Gasteiger partial charge in [-0.25, -0.2) is 4.68 Å². The molecule has 25 heavy (non-hydrogen) atoms. The van der Waals surface area contributed by atoms with Crippen LogP contribution in [0, 0.1) is 0 Å². The van der Waals surface area contributed by atoms with Gasteiger partial charge in [-0.2, -0.15) is 10.1 Å². The lowest BCUT2D eigenvalue weighted by atomic mass is 10.2. The molecule has 0 unspecified atom stereocenters. The molecule has 0 N–H and O–H groups in total. The van der Waals surface area contributed by atoms with Gasteiger partial charge in [-0.05, 0) is 18.2 Å². The quantitative estimate of drug-likeness (QED) is 0.536. The van der Waals surface area contributed by atoms with Gasteiger partial charge in [0.1, 0.15) is 5.75 Å². The van der Waals surface area contributed by atoms with Crippen molar-refractivity contribution in [2.24, 2.45) is 0 Å². The molecule has 4 rings (SSSR count). The van der Waals surface area contributed by atoms with Crippen LogP contribution in [0.25, 0.3) is 23.0 Å². The molecule has 0 fully saturated rings. The van der Waals surface area contributed by atoms with Gasteiger partial charge in [0.15, 0.2) is 12.4 Å². The highest BCUT2D eigenvalue weighted by Crippen LogP contribution is 2.24. The van der Waals surface area contributed by atoms with Gasteiger partial charge in [0, 0.05) is 11.8 Å². The van der Waals surface area contributed by atoms with Crippen molar-refractivity contribution in [1.82, 2.24) is 19.9 Å². The normalized spacial score (nSPS) is 10.8. The van der Waals surface area contributed by atoms with Gasteiger partial charge in [-0.15, -0.1) is 0 Å². The predicted molar refractivity (Wildman–Crippen MR) is 93.0 cm³/mol. The minimum atomic E-state index is 0.226. The summed E-state index contributed by atoms with van der Waals surface area (Å²) >= 11 is 6.06. The summed E-state index contributed by atoms with van der Waals surface area (Å²) in [6.07, 6.45) is 1.78. The maximum absolute atomic E-state index is 6.06. The second kappa shape index (κ2) is 6.78. The average Bonchev–Trinajstić information content (AvgIpc) is 3.31. The summed E-state index contributed by atoms with van der Waals surface area (Å²) in [5.74, 6) is 1.48. The van der Waals surface area contributed by atoms with Crippen molar-refractivity contribution < 1.29 is 9.26 Å². The van der Waals surface area contributed by atoms with E-state index in [1.165, 1.54) is 0 Å². The van der Waals surface area contributed by atoms with Crippen LogP contribution in [0.2, 0.25) is 5.02 Å². The van der Waals surface area contributed by atoms with Crippen LogP contribution in [0.15, 0.2) is 71.4 Å². The molecule has 7 heteroatoms. The van der Waals surface area contributed by atoms with Crippen molar-refractivity contribution >= 4 is 11.6 Å². The number of ether oxygens (including phenoxy) is 1. The van der Waals surface area contributed by atoms with E-state index < -0.39 is 0 Å². The number of aromatic nitrogens is 4. The van der Waals surface area contributed by atoms with Crippen molar-refractivity contribution in [3.05, 3.63) is 71.9 Å². The van der Waals surface area contributed by atoms with E-state index in [1.807, 2.05) is 42.5 Å². The van der Waals surface area contributed by atoms with Gasteiger partial charge in [0.25, 0.3) is 5.89 Å². The second-order valence-electron chi connectivity index (χ2n) is 5.23. The molecule has 0 saturated carbocycles. The molecule has 124 valence electrons. The van der Waals surface area contributed by atoms with Gasteiger partial charge < -0.3 is 9.26 Å². The summed E-state index contributed by atoms with van der Waals surface area (Å²) in [5.41, 5.74) is 1.47. The fourth-order valence-electron chi connectivity index (χ4n) is 2.28. The standard InChI is InChI=1S/C18H13ClN4O2/c19-14-8-4-5-9-16(14)24-12-23-11-10-15(21-23)18-20-17(22-25-18)13-6-2-1-3-7-13/h1-11H,12H2. The lowest BCUT2D eigenvalue weighted by Gasteiger charge is -2.07. The van der Waals surface area contributed by atoms with Crippen molar-refractivity contribution in [1.29, 1.82) is 0 Å². The largest absolute Gasteiger partial charge is 0.470 e. The highest BCUT2D eigenvalue weighted by molar-refractivity contribution is 6.32. The summed E-state index contributed by atoms with van der Waals surface area (Å²) in [4.78, 5) is 4.38. The molecule has 0 radical (unpaired) electrons. The van der Waals surface area contributed by atoms with E-state index in [1.54, 1.807) is 29.1 Å². The fourth-order valence-corrected chi connectivity index (χ4v) is 2.47. The number of hydrogen-bond donors (Lipinski definition) is 0. The van der Waals surface area contributed by atoms with Gasteiger partial charge in [0.05, 0.1) is 5.02 Å². The first kappa shape index (κ1) is 15.4. The molecule has 0 aliphatic carbocycles. The molecule has 0 amide bonds. The average molecular weight is 353 g/mol.